The second kappa shape index (κ2) is 6.53. The molecule has 2 heterocycles. The Kier molecular flexibility index (Phi) is 4.99. The first-order valence-electron chi connectivity index (χ1n) is 7.65. The van der Waals surface area contributed by atoms with Gasteiger partial charge in [-0.05, 0) is 50.8 Å². The number of aryl methyl sites for hydroxylation is 2. The van der Waals surface area contributed by atoms with Gasteiger partial charge in [0.1, 0.15) is 0 Å². The summed E-state index contributed by atoms with van der Waals surface area (Å²) in [5.41, 5.74) is 8.44. The highest BCUT2D eigenvalue weighted by Gasteiger charge is 2.25. The second-order valence-electron chi connectivity index (χ2n) is 5.79. The number of rotatable bonds is 5. The van der Waals surface area contributed by atoms with Gasteiger partial charge in [0.25, 0.3) is 0 Å². The van der Waals surface area contributed by atoms with Crippen LogP contribution in [0.5, 0.6) is 0 Å². The first kappa shape index (κ1) is 14.5. The molecule has 2 N–H and O–H groups in total. The van der Waals surface area contributed by atoms with E-state index in [4.69, 9.17) is 5.73 Å². The third-order valence-corrected chi connectivity index (χ3v) is 4.46. The predicted molar refractivity (Wildman–Crippen MR) is 78.9 cm³/mol. The molecule has 2 atom stereocenters. The Morgan fingerprint density at radius 1 is 1.42 bits per heavy atom. The highest BCUT2D eigenvalue weighted by atomic mass is 15.3. The van der Waals surface area contributed by atoms with Crippen molar-refractivity contribution in [1.29, 1.82) is 0 Å². The van der Waals surface area contributed by atoms with E-state index in [9.17, 15) is 0 Å². The maximum absolute atomic E-state index is 5.89. The summed E-state index contributed by atoms with van der Waals surface area (Å²) in [5, 5.41) is 4.63. The Morgan fingerprint density at radius 2 is 2.21 bits per heavy atom. The molecule has 0 bridgehead atoms. The molecule has 1 aliphatic rings. The van der Waals surface area contributed by atoms with Crippen molar-refractivity contribution in [2.24, 2.45) is 17.6 Å². The van der Waals surface area contributed by atoms with Crippen molar-refractivity contribution in [1.82, 2.24) is 14.7 Å². The van der Waals surface area contributed by atoms with E-state index in [2.05, 4.69) is 41.5 Å². The zero-order valence-corrected chi connectivity index (χ0v) is 12.6. The van der Waals surface area contributed by atoms with Crippen LogP contribution in [-0.4, -0.2) is 34.3 Å². The van der Waals surface area contributed by atoms with Gasteiger partial charge < -0.3 is 5.73 Å². The Bertz CT molecular complexity index is 399. The quantitative estimate of drug-likeness (QED) is 0.883. The summed E-state index contributed by atoms with van der Waals surface area (Å²) >= 11 is 0. The smallest absolute Gasteiger partial charge is 0.0625 e. The number of nitrogens with zero attached hydrogens (tertiary/aromatic N) is 3. The van der Waals surface area contributed by atoms with E-state index < -0.39 is 0 Å². The zero-order chi connectivity index (χ0) is 13.8. The van der Waals surface area contributed by atoms with Gasteiger partial charge in [-0.3, -0.25) is 9.58 Å². The van der Waals surface area contributed by atoms with Crippen LogP contribution in [0.25, 0.3) is 0 Å². The SMILES string of the molecule is CCc1cc(CN2CCC(C)C(CN)C2)n(CC)n1. The number of piperidine rings is 1. The molecule has 4 nitrogen and oxygen atoms in total. The van der Waals surface area contributed by atoms with Crippen LogP contribution >= 0.6 is 0 Å². The summed E-state index contributed by atoms with van der Waals surface area (Å²) in [5.74, 6) is 1.42. The van der Waals surface area contributed by atoms with Crippen LogP contribution in [0.2, 0.25) is 0 Å². The largest absolute Gasteiger partial charge is 0.330 e. The third-order valence-electron chi connectivity index (χ3n) is 4.46. The Balaban J connectivity index is 2.02. The van der Waals surface area contributed by atoms with E-state index in [1.807, 2.05) is 0 Å². The fraction of sp³-hybridized carbons (Fsp3) is 0.800. The average Bonchev–Trinajstić information content (AvgIpc) is 2.83. The summed E-state index contributed by atoms with van der Waals surface area (Å²) in [6.45, 7) is 11.8. The van der Waals surface area contributed by atoms with Crippen LogP contribution in [0.4, 0.5) is 0 Å². The number of hydrogen-bond acceptors (Lipinski definition) is 3. The fourth-order valence-electron chi connectivity index (χ4n) is 2.99. The van der Waals surface area contributed by atoms with Crippen molar-refractivity contribution in [3.8, 4) is 0 Å². The first-order chi connectivity index (χ1) is 9.17. The van der Waals surface area contributed by atoms with Crippen LogP contribution in [-0.2, 0) is 19.5 Å². The van der Waals surface area contributed by atoms with Crippen LogP contribution in [0.1, 0.15) is 38.6 Å². The molecule has 0 aliphatic carbocycles. The van der Waals surface area contributed by atoms with E-state index in [0.717, 1.165) is 38.5 Å². The van der Waals surface area contributed by atoms with Gasteiger partial charge in [-0.25, -0.2) is 0 Å². The number of hydrogen-bond donors (Lipinski definition) is 1. The highest BCUT2D eigenvalue weighted by molar-refractivity contribution is 5.10. The molecule has 1 aliphatic heterocycles. The minimum absolute atomic E-state index is 0.650. The topological polar surface area (TPSA) is 47.1 Å². The minimum atomic E-state index is 0.650. The number of nitrogens with two attached hydrogens (primary N) is 1. The summed E-state index contributed by atoms with van der Waals surface area (Å²) in [4.78, 5) is 2.54. The van der Waals surface area contributed by atoms with Gasteiger partial charge in [0.15, 0.2) is 0 Å². The Labute approximate surface area is 117 Å². The molecule has 0 aromatic carbocycles. The average molecular weight is 264 g/mol. The molecule has 0 radical (unpaired) electrons. The van der Waals surface area contributed by atoms with E-state index in [1.165, 1.54) is 24.4 Å². The molecular weight excluding hydrogens is 236 g/mol. The van der Waals surface area contributed by atoms with Crippen molar-refractivity contribution in [2.45, 2.75) is 46.7 Å². The van der Waals surface area contributed by atoms with Crippen molar-refractivity contribution < 1.29 is 0 Å². The van der Waals surface area contributed by atoms with Gasteiger partial charge in [0.2, 0.25) is 0 Å². The molecule has 19 heavy (non-hydrogen) atoms. The van der Waals surface area contributed by atoms with Crippen LogP contribution in [0, 0.1) is 11.8 Å². The van der Waals surface area contributed by atoms with Gasteiger partial charge >= 0.3 is 0 Å². The molecule has 1 aromatic heterocycles. The lowest BCUT2D eigenvalue weighted by atomic mass is 9.87. The molecule has 4 heteroatoms. The maximum Gasteiger partial charge on any atom is 0.0625 e. The van der Waals surface area contributed by atoms with Crippen LogP contribution in [0.3, 0.4) is 0 Å². The molecule has 0 amide bonds. The van der Waals surface area contributed by atoms with E-state index in [1.54, 1.807) is 0 Å². The monoisotopic (exact) mass is 264 g/mol. The zero-order valence-electron chi connectivity index (χ0n) is 12.6. The number of aromatic nitrogens is 2. The molecule has 0 spiro atoms. The molecule has 0 saturated carbocycles. The van der Waals surface area contributed by atoms with E-state index in [-0.39, 0.29) is 0 Å². The maximum atomic E-state index is 5.89. The molecule has 1 saturated heterocycles. The molecule has 1 fully saturated rings. The van der Waals surface area contributed by atoms with Crippen molar-refractivity contribution in [3.63, 3.8) is 0 Å². The van der Waals surface area contributed by atoms with Gasteiger partial charge in [-0.1, -0.05) is 13.8 Å². The molecule has 2 unspecified atom stereocenters. The Hall–Kier alpha value is -0.870. The summed E-state index contributed by atoms with van der Waals surface area (Å²) in [7, 11) is 0. The van der Waals surface area contributed by atoms with Crippen LogP contribution < -0.4 is 5.73 Å². The van der Waals surface area contributed by atoms with Crippen molar-refractivity contribution >= 4 is 0 Å². The van der Waals surface area contributed by atoms with Crippen LogP contribution in [0.15, 0.2) is 6.07 Å². The first-order valence-corrected chi connectivity index (χ1v) is 7.65. The minimum Gasteiger partial charge on any atom is -0.330 e. The lowest BCUT2D eigenvalue weighted by Gasteiger charge is -2.36. The van der Waals surface area contributed by atoms with Gasteiger partial charge in [-0.15, -0.1) is 0 Å². The second-order valence-corrected chi connectivity index (χ2v) is 5.79. The normalized spacial score (nSPS) is 24.8. The summed E-state index contributed by atoms with van der Waals surface area (Å²) < 4.78 is 2.15. The molecule has 1 aromatic rings. The Morgan fingerprint density at radius 3 is 2.84 bits per heavy atom. The third kappa shape index (κ3) is 3.37. The standard InChI is InChI=1S/C15H28N4/c1-4-14-8-15(19(5-2)17-14)11-18-7-6-12(3)13(9-16)10-18/h8,12-13H,4-7,9-11,16H2,1-3H3. The lowest BCUT2D eigenvalue weighted by molar-refractivity contribution is 0.123. The van der Waals surface area contributed by atoms with Gasteiger partial charge in [0, 0.05) is 19.6 Å². The van der Waals surface area contributed by atoms with Crippen molar-refractivity contribution in [2.75, 3.05) is 19.6 Å². The van der Waals surface area contributed by atoms with Crippen molar-refractivity contribution in [3.05, 3.63) is 17.5 Å². The van der Waals surface area contributed by atoms with E-state index >= 15 is 0 Å². The molecule has 108 valence electrons. The molecule has 2 rings (SSSR count). The lowest BCUT2D eigenvalue weighted by Crippen LogP contribution is -2.42. The number of likely N-dealkylation sites (tertiary alicyclic amines) is 1. The predicted octanol–water partition coefficient (Wildman–Crippen LogP) is 1.88. The van der Waals surface area contributed by atoms with Gasteiger partial charge in [-0.2, -0.15) is 5.10 Å². The van der Waals surface area contributed by atoms with E-state index in [0.29, 0.717) is 5.92 Å². The summed E-state index contributed by atoms with van der Waals surface area (Å²) in [6.07, 6.45) is 2.28. The van der Waals surface area contributed by atoms with Gasteiger partial charge in [0.05, 0.1) is 11.4 Å². The fourth-order valence-corrected chi connectivity index (χ4v) is 2.99. The summed E-state index contributed by atoms with van der Waals surface area (Å²) in [6, 6.07) is 2.26. The molecular formula is C15H28N4. The highest BCUT2D eigenvalue weighted by Crippen LogP contribution is 2.23.